The monoisotopic (exact) mass is 439 g/mol. The smallest absolute Gasteiger partial charge is 0.258 e. The van der Waals surface area contributed by atoms with E-state index in [1.807, 2.05) is 25.1 Å². The van der Waals surface area contributed by atoms with E-state index < -0.39 is 10.0 Å². The number of benzene rings is 2. The van der Waals surface area contributed by atoms with Crippen LogP contribution in [-0.2, 0) is 16.6 Å². The van der Waals surface area contributed by atoms with Crippen LogP contribution in [0.5, 0.6) is 0 Å². The summed E-state index contributed by atoms with van der Waals surface area (Å²) < 4.78 is 27.1. The first-order valence-electron chi connectivity index (χ1n) is 10.2. The van der Waals surface area contributed by atoms with E-state index in [-0.39, 0.29) is 11.5 Å². The molecule has 4 rings (SSSR count). The number of rotatable bonds is 6. The third-order valence-corrected chi connectivity index (χ3v) is 6.17. The molecular formula is C23H25N3O4S. The normalized spacial score (nSPS) is 13.9. The maximum Gasteiger partial charge on any atom is 0.258 e. The Labute approximate surface area is 181 Å². The fraction of sp³-hybridized carbons (Fsp3) is 0.304. The average molecular weight is 440 g/mol. The molecule has 1 saturated carbocycles. The molecule has 162 valence electrons. The second kappa shape index (κ2) is 7.85. The second-order valence-corrected chi connectivity index (χ2v) is 9.73. The van der Waals surface area contributed by atoms with Crippen molar-refractivity contribution in [2.24, 2.45) is 0 Å². The lowest BCUT2D eigenvalue weighted by Crippen LogP contribution is -2.26. The number of hydrogen-bond donors (Lipinski definition) is 1. The minimum atomic E-state index is -3.44. The molecule has 0 aliphatic heterocycles. The van der Waals surface area contributed by atoms with Gasteiger partial charge in [-0.1, -0.05) is 6.07 Å². The zero-order valence-electron chi connectivity index (χ0n) is 17.8. The highest BCUT2D eigenvalue weighted by Gasteiger charge is 2.27. The van der Waals surface area contributed by atoms with E-state index >= 15 is 0 Å². The van der Waals surface area contributed by atoms with Gasteiger partial charge in [-0.3, -0.25) is 14.3 Å². The molecule has 7 nitrogen and oxygen atoms in total. The molecular weight excluding hydrogens is 414 g/mol. The second-order valence-electron chi connectivity index (χ2n) is 7.98. The van der Waals surface area contributed by atoms with Gasteiger partial charge < -0.3 is 9.47 Å². The fourth-order valence-corrected chi connectivity index (χ4v) is 4.46. The highest BCUT2D eigenvalue weighted by molar-refractivity contribution is 7.92. The highest BCUT2D eigenvalue weighted by Crippen LogP contribution is 2.43. The number of pyridine rings is 1. The van der Waals surface area contributed by atoms with E-state index in [2.05, 4.69) is 4.72 Å². The van der Waals surface area contributed by atoms with E-state index in [9.17, 15) is 18.0 Å². The molecule has 0 bridgehead atoms. The molecule has 1 heterocycles. The summed E-state index contributed by atoms with van der Waals surface area (Å²) in [5.41, 5.74) is 3.35. The summed E-state index contributed by atoms with van der Waals surface area (Å²) in [7, 11) is -1.75. The maximum absolute atomic E-state index is 13.1. The van der Waals surface area contributed by atoms with E-state index in [1.165, 1.54) is 11.0 Å². The summed E-state index contributed by atoms with van der Waals surface area (Å²) in [6.07, 6.45) is 3.21. The zero-order chi connectivity index (χ0) is 22.3. The molecule has 0 atom stereocenters. The molecule has 1 aliphatic rings. The number of hydrogen-bond acceptors (Lipinski definition) is 4. The van der Waals surface area contributed by atoms with Crippen LogP contribution in [0, 0.1) is 0 Å². The number of anilines is 2. The van der Waals surface area contributed by atoms with Crippen molar-refractivity contribution in [2.75, 3.05) is 22.9 Å². The number of carbonyl (C=O) groups excluding carboxylic acids is 1. The number of sulfonamides is 1. The molecule has 2 aromatic carbocycles. The Morgan fingerprint density at radius 1 is 1.16 bits per heavy atom. The van der Waals surface area contributed by atoms with Crippen LogP contribution in [0.15, 0.2) is 53.3 Å². The Hall–Kier alpha value is -3.13. The minimum absolute atomic E-state index is 0.00396. The molecule has 1 aliphatic carbocycles. The number of carbonyl (C=O) groups is 1. The molecule has 1 fully saturated rings. The van der Waals surface area contributed by atoms with Gasteiger partial charge in [0.05, 0.1) is 11.8 Å². The predicted molar refractivity (Wildman–Crippen MR) is 123 cm³/mol. The van der Waals surface area contributed by atoms with Crippen molar-refractivity contribution < 1.29 is 13.2 Å². The zero-order valence-corrected chi connectivity index (χ0v) is 18.6. The van der Waals surface area contributed by atoms with E-state index in [0.29, 0.717) is 29.4 Å². The van der Waals surface area contributed by atoms with Crippen LogP contribution in [0.3, 0.4) is 0 Å². The van der Waals surface area contributed by atoms with Crippen molar-refractivity contribution in [3.63, 3.8) is 0 Å². The molecule has 0 unspecified atom stereocenters. The van der Waals surface area contributed by atoms with E-state index in [1.54, 1.807) is 35.9 Å². The number of aryl methyl sites for hydroxylation is 1. The predicted octanol–water partition coefficient (Wildman–Crippen LogP) is 3.55. The van der Waals surface area contributed by atoms with Gasteiger partial charge in [0.2, 0.25) is 10.0 Å². The van der Waals surface area contributed by atoms with Crippen LogP contribution < -0.4 is 15.2 Å². The first kappa shape index (κ1) is 21.1. The summed E-state index contributed by atoms with van der Waals surface area (Å²) in [5.74, 6) is 0.144. The Bertz CT molecular complexity index is 1340. The topological polar surface area (TPSA) is 88.5 Å². The van der Waals surface area contributed by atoms with Gasteiger partial charge in [-0.05, 0) is 67.6 Å². The lowest BCUT2D eigenvalue weighted by atomic mass is 10.0. The van der Waals surface area contributed by atoms with Crippen molar-refractivity contribution in [3.8, 4) is 0 Å². The van der Waals surface area contributed by atoms with Crippen molar-refractivity contribution in [2.45, 2.75) is 32.2 Å². The Morgan fingerprint density at radius 2 is 1.90 bits per heavy atom. The Kier molecular flexibility index (Phi) is 5.35. The first-order chi connectivity index (χ1) is 14.7. The molecule has 1 amide bonds. The number of fused-ring (bicyclic) bond motifs is 1. The van der Waals surface area contributed by atoms with Crippen LogP contribution in [0.2, 0.25) is 0 Å². The summed E-state index contributed by atoms with van der Waals surface area (Å²) in [6.45, 7) is 2.52. The number of amides is 1. The SMILES string of the molecule is CCn1c(=O)cc(C2CC2)c2cc(N(C)C(=O)c3cccc(NS(C)(=O)=O)c3)ccc21. The molecule has 0 radical (unpaired) electrons. The lowest BCUT2D eigenvalue weighted by molar-refractivity contribution is 0.0993. The largest absolute Gasteiger partial charge is 0.311 e. The number of nitrogens with zero attached hydrogens (tertiary/aromatic N) is 2. The molecule has 31 heavy (non-hydrogen) atoms. The summed E-state index contributed by atoms with van der Waals surface area (Å²) in [6, 6.07) is 13.8. The van der Waals surface area contributed by atoms with Gasteiger partial charge in [0.15, 0.2) is 0 Å². The van der Waals surface area contributed by atoms with Gasteiger partial charge in [-0.15, -0.1) is 0 Å². The molecule has 0 spiro atoms. The first-order valence-corrected chi connectivity index (χ1v) is 12.1. The van der Waals surface area contributed by atoms with Gasteiger partial charge in [-0.2, -0.15) is 0 Å². The summed E-state index contributed by atoms with van der Waals surface area (Å²) in [5, 5.41) is 0.994. The van der Waals surface area contributed by atoms with Gasteiger partial charge >= 0.3 is 0 Å². The van der Waals surface area contributed by atoms with Crippen molar-refractivity contribution in [1.29, 1.82) is 0 Å². The van der Waals surface area contributed by atoms with Crippen LogP contribution in [0.1, 0.15) is 41.6 Å². The number of nitrogens with one attached hydrogen (secondary N) is 1. The van der Waals surface area contributed by atoms with Crippen molar-refractivity contribution >= 4 is 38.2 Å². The quantitative estimate of drug-likeness (QED) is 0.636. The Balaban J connectivity index is 1.73. The minimum Gasteiger partial charge on any atom is -0.311 e. The highest BCUT2D eigenvalue weighted by atomic mass is 32.2. The van der Waals surface area contributed by atoms with Gasteiger partial charge in [0, 0.05) is 42.0 Å². The third kappa shape index (κ3) is 4.34. The third-order valence-electron chi connectivity index (χ3n) is 5.57. The average Bonchev–Trinajstić information content (AvgIpc) is 3.56. The van der Waals surface area contributed by atoms with Crippen molar-refractivity contribution in [1.82, 2.24) is 4.57 Å². The van der Waals surface area contributed by atoms with Crippen LogP contribution in [0.4, 0.5) is 11.4 Å². The van der Waals surface area contributed by atoms with Crippen LogP contribution >= 0.6 is 0 Å². The van der Waals surface area contributed by atoms with Crippen molar-refractivity contribution in [3.05, 3.63) is 70.0 Å². The Morgan fingerprint density at radius 3 is 2.55 bits per heavy atom. The molecule has 0 saturated heterocycles. The summed E-state index contributed by atoms with van der Waals surface area (Å²) >= 11 is 0. The molecule has 8 heteroatoms. The lowest BCUT2D eigenvalue weighted by Gasteiger charge is -2.20. The molecule has 1 aromatic heterocycles. The maximum atomic E-state index is 13.1. The standard InChI is InChI=1S/C23H25N3O4S/c1-4-26-21-11-10-18(13-20(21)19(14-22(26)27)15-8-9-15)25(2)23(28)16-6-5-7-17(12-16)24-31(3,29)30/h5-7,10-15,24H,4,8-9H2,1-3H3. The van der Waals surface area contributed by atoms with Gasteiger partial charge in [-0.25, -0.2) is 8.42 Å². The fourth-order valence-electron chi connectivity index (χ4n) is 3.91. The number of aromatic nitrogens is 1. The van der Waals surface area contributed by atoms with Crippen LogP contribution in [0.25, 0.3) is 10.9 Å². The van der Waals surface area contributed by atoms with E-state index in [4.69, 9.17) is 0 Å². The van der Waals surface area contributed by atoms with Crippen LogP contribution in [-0.4, -0.2) is 32.2 Å². The van der Waals surface area contributed by atoms with Gasteiger partial charge in [0.25, 0.3) is 11.5 Å². The van der Waals surface area contributed by atoms with Gasteiger partial charge in [0.1, 0.15) is 0 Å². The van der Waals surface area contributed by atoms with E-state index in [0.717, 1.165) is 35.6 Å². The molecule has 3 aromatic rings. The molecule has 1 N–H and O–H groups in total. The summed E-state index contributed by atoms with van der Waals surface area (Å²) in [4.78, 5) is 27.1.